The van der Waals surface area contributed by atoms with Gasteiger partial charge in [0.2, 0.25) is 0 Å². The maximum absolute atomic E-state index is 9.70. The van der Waals surface area contributed by atoms with Crippen molar-refractivity contribution < 1.29 is 14.6 Å². The molecule has 0 saturated carbocycles. The van der Waals surface area contributed by atoms with Crippen LogP contribution in [0.25, 0.3) is 0 Å². The fraction of sp³-hybridized carbons (Fsp3) is 0.353. The smallest absolute Gasteiger partial charge is 0.145 e. The fourth-order valence-corrected chi connectivity index (χ4v) is 1.94. The van der Waals surface area contributed by atoms with Gasteiger partial charge in [-0.25, -0.2) is 0 Å². The zero-order chi connectivity index (χ0) is 15.1. The lowest BCUT2D eigenvalue weighted by Crippen LogP contribution is -1.98. The van der Waals surface area contributed by atoms with Gasteiger partial charge in [-0.05, 0) is 42.7 Å². The quantitative estimate of drug-likeness (QED) is 0.846. The number of methoxy groups -OCH3 is 1. The first-order valence-electron chi connectivity index (χ1n) is 7.12. The van der Waals surface area contributed by atoms with Crippen LogP contribution in [0, 0.1) is 0 Å². The van der Waals surface area contributed by atoms with E-state index in [2.05, 4.69) is 4.98 Å². The summed E-state index contributed by atoms with van der Waals surface area (Å²) in [6.07, 6.45) is 2.66. The third-order valence-corrected chi connectivity index (χ3v) is 3.24. The van der Waals surface area contributed by atoms with E-state index in [-0.39, 0.29) is 0 Å². The van der Waals surface area contributed by atoms with E-state index in [0.717, 1.165) is 12.2 Å². The lowest BCUT2D eigenvalue weighted by Gasteiger charge is -2.09. The second-order valence-electron chi connectivity index (χ2n) is 4.83. The maximum Gasteiger partial charge on any atom is 0.145 e. The van der Waals surface area contributed by atoms with E-state index < -0.39 is 6.10 Å². The predicted molar refractivity (Wildman–Crippen MR) is 81.6 cm³/mol. The van der Waals surface area contributed by atoms with Crippen LogP contribution in [0.4, 0.5) is 0 Å². The van der Waals surface area contributed by atoms with Crippen molar-refractivity contribution in [2.75, 3.05) is 13.7 Å². The van der Waals surface area contributed by atoms with Crippen LogP contribution in [-0.2, 0) is 11.2 Å². The summed E-state index contributed by atoms with van der Waals surface area (Å²) in [5.41, 5.74) is 1.88. The lowest BCUT2D eigenvalue weighted by molar-refractivity contribution is 0.169. The topological polar surface area (TPSA) is 51.6 Å². The summed E-state index contributed by atoms with van der Waals surface area (Å²) in [5.74, 6) is 1.42. The molecule has 112 valence electrons. The molecule has 4 heteroatoms. The van der Waals surface area contributed by atoms with Crippen molar-refractivity contribution in [1.29, 1.82) is 0 Å². The summed E-state index contributed by atoms with van der Waals surface area (Å²) in [4.78, 5) is 4.21. The van der Waals surface area contributed by atoms with Crippen LogP contribution in [0.15, 0.2) is 42.6 Å². The number of rotatable bonds is 7. The molecule has 0 radical (unpaired) electrons. The number of aliphatic hydroxyl groups is 1. The van der Waals surface area contributed by atoms with Crippen molar-refractivity contribution in [3.8, 4) is 11.5 Å². The van der Waals surface area contributed by atoms with E-state index in [9.17, 15) is 5.11 Å². The Balaban J connectivity index is 1.97. The highest BCUT2D eigenvalue weighted by Gasteiger charge is 2.06. The van der Waals surface area contributed by atoms with Gasteiger partial charge in [-0.15, -0.1) is 0 Å². The Bertz CT molecular complexity index is 537. The van der Waals surface area contributed by atoms with Crippen LogP contribution < -0.4 is 4.74 Å². The highest BCUT2D eigenvalue weighted by molar-refractivity contribution is 5.32. The van der Waals surface area contributed by atoms with Gasteiger partial charge >= 0.3 is 0 Å². The molecule has 2 rings (SSSR count). The molecule has 1 aromatic heterocycles. The molecule has 1 aromatic carbocycles. The molecule has 0 aliphatic rings. The number of hydrogen-bond donors (Lipinski definition) is 1. The summed E-state index contributed by atoms with van der Waals surface area (Å²) >= 11 is 0. The molecule has 1 heterocycles. The van der Waals surface area contributed by atoms with Crippen molar-refractivity contribution >= 4 is 0 Å². The van der Waals surface area contributed by atoms with Gasteiger partial charge in [-0.3, -0.25) is 4.98 Å². The summed E-state index contributed by atoms with van der Waals surface area (Å²) < 4.78 is 10.8. The Morgan fingerprint density at radius 3 is 2.38 bits per heavy atom. The molecule has 0 fully saturated rings. The number of ether oxygens (including phenoxy) is 2. The second-order valence-corrected chi connectivity index (χ2v) is 4.83. The van der Waals surface area contributed by atoms with E-state index in [1.54, 1.807) is 19.4 Å². The molecule has 0 amide bonds. The Kier molecular flexibility index (Phi) is 5.72. The number of aromatic nitrogens is 1. The molecule has 0 spiro atoms. The zero-order valence-corrected chi connectivity index (χ0v) is 12.5. The molecule has 0 aliphatic carbocycles. The normalized spacial score (nSPS) is 12.1. The summed E-state index contributed by atoms with van der Waals surface area (Å²) in [7, 11) is 1.70. The first-order valence-corrected chi connectivity index (χ1v) is 7.12. The Hall–Kier alpha value is -1.91. The van der Waals surface area contributed by atoms with Crippen molar-refractivity contribution in [3.05, 3.63) is 53.9 Å². The maximum atomic E-state index is 9.70. The van der Waals surface area contributed by atoms with Crippen LogP contribution in [0.2, 0.25) is 0 Å². The van der Waals surface area contributed by atoms with Gasteiger partial charge in [0.1, 0.15) is 11.5 Å². The molecule has 2 aromatic rings. The third kappa shape index (κ3) is 4.55. The molecular weight excluding hydrogens is 266 g/mol. The van der Waals surface area contributed by atoms with E-state index >= 15 is 0 Å². The second kappa shape index (κ2) is 7.76. The fourth-order valence-electron chi connectivity index (χ4n) is 1.94. The minimum absolute atomic E-state index is 0.515. The van der Waals surface area contributed by atoms with Gasteiger partial charge in [0.05, 0.1) is 24.6 Å². The Morgan fingerprint density at radius 2 is 1.81 bits per heavy atom. The standard InChI is InChI=1S/C17H21NO3/c1-3-17(19)16-9-8-15(12-18-16)21-14-6-4-13(5-7-14)10-11-20-2/h4-9,12,17,19H,3,10-11H2,1-2H3. The Labute approximate surface area is 125 Å². The van der Waals surface area contributed by atoms with Crippen LogP contribution in [0.1, 0.15) is 30.7 Å². The summed E-state index contributed by atoms with van der Waals surface area (Å²) in [5, 5.41) is 9.70. The first-order chi connectivity index (χ1) is 10.2. The van der Waals surface area contributed by atoms with E-state index in [1.165, 1.54) is 5.56 Å². The number of nitrogens with zero attached hydrogens (tertiary/aromatic N) is 1. The van der Waals surface area contributed by atoms with Gasteiger partial charge < -0.3 is 14.6 Å². The number of hydrogen-bond acceptors (Lipinski definition) is 4. The molecule has 4 nitrogen and oxygen atoms in total. The van der Waals surface area contributed by atoms with Gasteiger partial charge in [-0.1, -0.05) is 19.1 Å². The number of benzene rings is 1. The molecule has 1 unspecified atom stereocenters. The van der Waals surface area contributed by atoms with Crippen LogP contribution in [0.5, 0.6) is 11.5 Å². The molecule has 0 aliphatic heterocycles. The number of pyridine rings is 1. The summed E-state index contributed by atoms with van der Waals surface area (Å²) in [6.45, 7) is 2.63. The molecule has 0 bridgehead atoms. The average Bonchev–Trinajstić information content (AvgIpc) is 2.54. The minimum atomic E-state index is -0.515. The highest BCUT2D eigenvalue weighted by atomic mass is 16.5. The van der Waals surface area contributed by atoms with E-state index in [4.69, 9.17) is 9.47 Å². The average molecular weight is 287 g/mol. The van der Waals surface area contributed by atoms with Gasteiger partial charge in [0.25, 0.3) is 0 Å². The van der Waals surface area contributed by atoms with Gasteiger partial charge in [-0.2, -0.15) is 0 Å². The van der Waals surface area contributed by atoms with Crippen LogP contribution in [-0.4, -0.2) is 23.8 Å². The first kappa shape index (κ1) is 15.5. The molecule has 0 saturated heterocycles. The van der Waals surface area contributed by atoms with Gasteiger partial charge in [0, 0.05) is 7.11 Å². The highest BCUT2D eigenvalue weighted by Crippen LogP contribution is 2.23. The number of aliphatic hydroxyl groups excluding tert-OH is 1. The lowest BCUT2D eigenvalue weighted by atomic mass is 10.1. The predicted octanol–water partition coefficient (Wildman–Crippen LogP) is 3.51. The molecule has 21 heavy (non-hydrogen) atoms. The van der Waals surface area contributed by atoms with Crippen LogP contribution in [0.3, 0.4) is 0 Å². The van der Waals surface area contributed by atoms with Crippen LogP contribution >= 0.6 is 0 Å². The zero-order valence-electron chi connectivity index (χ0n) is 12.5. The van der Waals surface area contributed by atoms with Crippen molar-refractivity contribution in [1.82, 2.24) is 4.98 Å². The summed E-state index contributed by atoms with van der Waals surface area (Å²) in [6, 6.07) is 11.5. The SMILES string of the molecule is CCC(O)c1ccc(Oc2ccc(CCOC)cc2)cn1. The van der Waals surface area contributed by atoms with E-state index in [1.807, 2.05) is 37.3 Å². The molecule has 1 N–H and O–H groups in total. The third-order valence-electron chi connectivity index (χ3n) is 3.24. The van der Waals surface area contributed by atoms with Gasteiger partial charge in [0.15, 0.2) is 0 Å². The van der Waals surface area contributed by atoms with E-state index in [0.29, 0.717) is 24.5 Å². The molecular formula is C17H21NO3. The van der Waals surface area contributed by atoms with Crippen molar-refractivity contribution in [2.24, 2.45) is 0 Å². The van der Waals surface area contributed by atoms with Crippen molar-refractivity contribution in [2.45, 2.75) is 25.9 Å². The minimum Gasteiger partial charge on any atom is -0.456 e. The molecule has 1 atom stereocenters. The largest absolute Gasteiger partial charge is 0.456 e. The van der Waals surface area contributed by atoms with Crippen molar-refractivity contribution in [3.63, 3.8) is 0 Å². The Morgan fingerprint density at radius 1 is 1.10 bits per heavy atom. The monoisotopic (exact) mass is 287 g/mol.